The summed E-state index contributed by atoms with van der Waals surface area (Å²) in [6, 6.07) is 0. The molecule has 0 nitrogen and oxygen atoms in total. The standard InChI is InChI=1S/C18H36/c1-3-5-7-9-11-13-15-17-18-16-14-12-10-8-6-4-2/h5,7H,3-4,6,8-18H2,1-2H3. The van der Waals surface area contributed by atoms with Crippen molar-refractivity contribution in [2.45, 2.75) is 104 Å². The van der Waals surface area contributed by atoms with Crippen molar-refractivity contribution in [1.29, 1.82) is 0 Å². The van der Waals surface area contributed by atoms with E-state index in [1.807, 2.05) is 0 Å². The van der Waals surface area contributed by atoms with E-state index in [0.29, 0.717) is 0 Å². The van der Waals surface area contributed by atoms with Crippen LogP contribution >= 0.6 is 0 Å². The Hall–Kier alpha value is -0.260. The summed E-state index contributed by atoms with van der Waals surface area (Å²) < 4.78 is 0. The highest BCUT2D eigenvalue weighted by molar-refractivity contribution is 4.79. The number of rotatable bonds is 14. The van der Waals surface area contributed by atoms with Gasteiger partial charge >= 0.3 is 0 Å². The van der Waals surface area contributed by atoms with Crippen molar-refractivity contribution in [1.82, 2.24) is 0 Å². The summed E-state index contributed by atoms with van der Waals surface area (Å²) in [6.45, 7) is 4.50. The van der Waals surface area contributed by atoms with E-state index in [0.717, 1.165) is 0 Å². The lowest BCUT2D eigenvalue weighted by Gasteiger charge is -2.02. The second kappa shape index (κ2) is 16.7. The lowest BCUT2D eigenvalue weighted by Crippen LogP contribution is -1.82. The molecule has 0 N–H and O–H groups in total. The highest BCUT2D eigenvalue weighted by atomic mass is 14.0. The molecule has 0 bridgehead atoms. The quantitative estimate of drug-likeness (QED) is 0.230. The van der Waals surface area contributed by atoms with Crippen molar-refractivity contribution in [2.75, 3.05) is 0 Å². The molecule has 0 aromatic rings. The monoisotopic (exact) mass is 252 g/mol. The van der Waals surface area contributed by atoms with Crippen molar-refractivity contribution in [3.8, 4) is 0 Å². The molecule has 0 amide bonds. The fraction of sp³-hybridized carbons (Fsp3) is 0.889. The summed E-state index contributed by atoms with van der Waals surface area (Å²) in [5.74, 6) is 0. The number of hydrogen-bond acceptors (Lipinski definition) is 0. The van der Waals surface area contributed by atoms with Gasteiger partial charge in [0.15, 0.2) is 0 Å². The summed E-state index contributed by atoms with van der Waals surface area (Å²) in [6.07, 6.45) is 24.5. The summed E-state index contributed by atoms with van der Waals surface area (Å²) in [4.78, 5) is 0. The minimum Gasteiger partial charge on any atom is -0.0888 e. The molecule has 0 saturated carbocycles. The Morgan fingerprint density at radius 1 is 0.500 bits per heavy atom. The first kappa shape index (κ1) is 17.7. The van der Waals surface area contributed by atoms with E-state index in [4.69, 9.17) is 0 Å². The number of allylic oxidation sites excluding steroid dienone is 2. The molecule has 0 heteroatoms. The van der Waals surface area contributed by atoms with Crippen LogP contribution in [0.5, 0.6) is 0 Å². The molecule has 0 fully saturated rings. The first-order chi connectivity index (χ1) is 8.91. The Kier molecular flexibility index (Phi) is 16.5. The van der Waals surface area contributed by atoms with Crippen molar-refractivity contribution < 1.29 is 0 Å². The summed E-state index contributed by atoms with van der Waals surface area (Å²) >= 11 is 0. The van der Waals surface area contributed by atoms with Crippen LogP contribution in [0.25, 0.3) is 0 Å². The average Bonchev–Trinajstić information content (AvgIpc) is 2.39. The van der Waals surface area contributed by atoms with Gasteiger partial charge in [-0.3, -0.25) is 0 Å². The van der Waals surface area contributed by atoms with Gasteiger partial charge in [-0.15, -0.1) is 0 Å². The van der Waals surface area contributed by atoms with E-state index in [1.54, 1.807) is 0 Å². The van der Waals surface area contributed by atoms with Gasteiger partial charge in [0.05, 0.1) is 0 Å². The summed E-state index contributed by atoms with van der Waals surface area (Å²) in [7, 11) is 0. The van der Waals surface area contributed by atoms with Gasteiger partial charge in [-0.05, 0) is 19.3 Å². The fourth-order valence-electron chi connectivity index (χ4n) is 2.39. The van der Waals surface area contributed by atoms with E-state index in [2.05, 4.69) is 26.0 Å². The maximum atomic E-state index is 2.34. The van der Waals surface area contributed by atoms with Gasteiger partial charge in [-0.2, -0.15) is 0 Å². The molecule has 0 unspecified atom stereocenters. The van der Waals surface area contributed by atoms with Gasteiger partial charge in [0.1, 0.15) is 0 Å². The molecule has 0 radical (unpaired) electrons. The highest BCUT2D eigenvalue weighted by Crippen LogP contribution is 2.12. The van der Waals surface area contributed by atoms with Gasteiger partial charge in [-0.1, -0.05) is 96.6 Å². The SMILES string of the molecule is CCC=CCCCCCCCCCCCCCC. The Morgan fingerprint density at radius 3 is 1.39 bits per heavy atom. The lowest BCUT2D eigenvalue weighted by molar-refractivity contribution is 0.545. The molecule has 0 heterocycles. The maximum absolute atomic E-state index is 2.34. The first-order valence-corrected chi connectivity index (χ1v) is 8.56. The second-order valence-electron chi connectivity index (χ2n) is 5.56. The number of unbranched alkanes of at least 4 members (excludes halogenated alkanes) is 12. The Morgan fingerprint density at radius 2 is 0.944 bits per heavy atom. The van der Waals surface area contributed by atoms with E-state index < -0.39 is 0 Å². The third-order valence-corrected chi connectivity index (χ3v) is 3.63. The van der Waals surface area contributed by atoms with Gasteiger partial charge in [0.2, 0.25) is 0 Å². The van der Waals surface area contributed by atoms with Crippen LogP contribution in [0.3, 0.4) is 0 Å². The maximum Gasteiger partial charge on any atom is -0.0351 e. The molecule has 0 rings (SSSR count). The third-order valence-electron chi connectivity index (χ3n) is 3.63. The summed E-state index contributed by atoms with van der Waals surface area (Å²) in [5, 5.41) is 0. The van der Waals surface area contributed by atoms with Crippen LogP contribution in [0.2, 0.25) is 0 Å². The molecule has 0 aromatic carbocycles. The molecule has 0 aliphatic rings. The van der Waals surface area contributed by atoms with Crippen LogP contribution in [-0.4, -0.2) is 0 Å². The zero-order chi connectivity index (χ0) is 13.3. The van der Waals surface area contributed by atoms with Crippen molar-refractivity contribution in [3.63, 3.8) is 0 Å². The zero-order valence-corrected chi connectivity index (χ0v) is 13.1. The molecule has 0 aromatic heterocycles. The van der Waals surface area contributed by atoms with E-state index in [-0.39, 0.29) is 0 Å². The van der Waals surface area contributed by atoms with E-state index >= 15 is 0 Å². The molecule has 18 heavy (non-hydrogen) atoms. The van der Waals surface area contributed by atoms with Crippen LogP contribution < -0.4 is 0 Å². The average molecular weight is 252 g/mol. The Bertz CT molecular complexity index is 157. The molecule has 0 spiro atoms. The largest absolute Gasteiger partial charge is 0.0888 e. The minimum absolute atomic E-state index is 1.19. The lowest BCUT2D eigenvalue weighted by atomic mass is 10.0. The second-order valence-corrected chi connectivity index (χ2v) is 5.56. The van der Waals surface area contributed by atoms with Gasteiger partial charge in [0.25, 0.3) is 0 Å². The summed E-state index contributed by atoms with van der Waals surface area (Å²) in [5.41, 5.74) is 0. The highest BCUT2D eigenvalue weighted by Gasteiger charge is 1.92. The van der Waals surface area contributed by atoms with Crippen LogP contribution in [0.1, 0.15) is 104 Å². The van der Waals surface area contributed by atoms with Gasteiger partial charge in [0, 0.05) is 0 Å². The molecule has 0 aliphatic heterocycles. The van der Waals surface area contributed by atoms with E-state index in [1.165, 1.54) is 89.9 Å². The van der Waals surface area contributed by atoms with Crippen LogP contribution in [-0.2, 0) is 0 Å². The first-order valence-electron chi connectivity index (χ1n) is 8.56. The predicted molar refractivity (Wildman–Crippen MR) is 85.1 cm³/mol. The molecule has 108 valence electrons. The zero-order valence-electron chi connectivity index (χ0n) is 13.1. The van der Waals surface area contributed by atoms with Crippen molar-refractivity contribution in [2.24, 2.45) is 0 Å². The molecular formula is C18H36. The van der Waals surface area contributed by atoms with Gasteiger partial charge < -0.3 is 0 Å². The third kappa shape index (κ3) is 15.7. The van der Waals surface area contributed by atoms with Crippen LogP contribution in [0.15, 0.2) is 12.2 Å². The van der Waals surface area contributed by atoms with Crippen LogP contribution in [0.4, 0.5) is 0 Å². The van der Waals surface area contributed by atoms with Crippen molar-refractivity contribution in [3.05, 3.63) is 12.2 Å². The minimum atomic E-state index is 1.19. The van der Waals surface area contributed by atoms with Gasteiger partial charge in [-0.25, -0.2) is 0 Å². The fourth-order valence-corrected chi connectivity index (χ4v) is 2.39. The normalized spacial score (nSPS) is 11.4. The molecule has 0 aliphatic carbocycles. The number of hydrogen-bond donors (Lipinski definition) is 0. The molecule has 0 atom stereocenters. The molecular weight excluding hydrogens is 216 g/mol. The Labute approximate surface area is 116 Å². The van der Waals surface area contributed by atoms with Crippen molar-refractivity contribution >= 4 is 0 Å². The molecule has 0 saturated heterocycles. The smallest absolute Gasteiger partial charge is 0.0351 e. The predicted octanol–water partition coefficient (Wildman–Crippen LogP) is 7.04. The Balaban J connectivity index is 2.92. The van der Waals surface area contributed by atoms with E-state index in [9.17, 15) is 0 Å². The topological polar surface area (TPSA) is 0 Å². The van der Waals surface area contributed by atoms with Crippen LogP contribution in [0, 0.1) is 0 Å².